The first-order chi connectivity index (χ1) is 13.9. The van der Waals surface area contributed by atoms with Crippen molar-refractivity contribution in [1.29, 1.82) is 0 Å². The van der Waals surface area contributed by atoms with Crippen LogP contribution >= 0.6 is 11.8 Å². The van der Waals surface area contributed by atoms with Gasteiger partial charge in [-0.05, 0) is 23.4 Å². The van der Waals surface area contributed by atoms with Crippen molar-refractivity contribution in [3.8, 4) is 0 Å². The molecule has 3 aromatic rings. The minimum Gasteiger partial charge on any atom is -0.356 e. The summed E-state index contributed by atoms with van der Waals surface area (Å²) >= 11 is 0.325. The van der Waals surface area contributed by atoms with Gasteiger partial charge in [0.15, 0.2) is 5.60 Å². The van der Waals surface area contributed by atoms with Gasteiger partial charge in [0.05, 0.1) is 13.2 Å². The van der Waals surface area contributed by atoms with E-state index < -0.39 is 34.6 Å². The van der Waals surface area contributed by atoms with Crippen LogP contribution in [0.15, 0.2) is 61.2 Å². The standard InChI is InChI=1S/C20H19F4N3OS/c1-2-29-20(23,24)19(12-27-14-25-13-26-27,17-9-8-16(21)10-18(17)22)28-11-15-6-4-3-5-7-15/h3-10,13-14H,2,11-12H2,1H3. The normalized spacial score (nSPS) is 14.0. The van der Waals surface area contributed by atoms with Gasteiger partial charge in [-0.2, -0.15) is 13.9 Å². The Kier molecular flexibility index (Phi) is 6.59. The van der Waals surface area contributed by atoms with Crippen LogP contribution in [0, 0.1) is 11.6 Å². The Morgan fingerprint density at radius 1 is 1.10 bits per heavy atom. The van der Waals surface area contributed by atoms with Gasteiger partial charge in [0, 0.05) is 11.6 Å². The Morgan fingerprint density at radius 3 is 2.48 bits per heavy atom. The Labute approximate surface area is 169 Å². The second-order valence-electron chi connectivity index (χ2n) is 6.27. The Morgan fingerprint density at radius 2 is 1.86 bits per heavy atom. The van der Waals surface area contributed by atoms with Gasteiger partial charge in [-0.3, -0.25) is 0 Å². The van der Waals surface area contributed by atoms with Crippen LogP contribution in [0.5, 0.6) is 0 Å². The first kappa shape index (κ1) is 21.3. The highest BCUT2D eigenvalue weighted by molar-refractivity contribution is 8.00. The van der Waals surface area contributed by atoms with Crippen molar-refractivity contribution in [3.63, 3.8) is 0 Å². The molecule has 9 heteroatoms. The zero-order chi connectivity index (χ0) is 20.9. The fraction of sp³-hybridized carbons (Fsp3) is 0.300. The highest BCUT2D eigenvalue weighted by atomic mass is 32.2. The number of hydrogen-bond donors (Lipinski definition) is 0. The van der Waals surface area contributed by atoms with Crippen LogP contribution in [0.3, 0.4) is 0 Å². The molecule has 29 heavy (non-hydrogen) atoms. The molecule has 1 atom stereocenters. The van der Waals surface area contributed by atoms with Gasteiger partial charge in [-0.15, -0.1) is 0 Å². The van der Waals surface area contributed by atoms with E-state index in [0.29, 0.717) is 23.4 Å². The summed E-state index contributed by atoms with van der Waals surface area (Å²) in [6.45, 7) is 0.853. The molecule has 0 amide bonds. The summed E-state index contributed by atoms with van der Waals surface area (Å²) in [6, 6.07) is 11.2. The van der Waals surface area contributed by atoms with Gasteiger partial charge < -0.3 is 4.74 Å². The lowest BCUT2D eigenvalue weighted by Crippen LogP contribution is -2.49. The first-order valence-corrected chi connectivity index (χ1v) is 9.84. The van der Waals surface area contributed by atoms with E-state index in [0.717, 1.165) is 16.8 Å². The molecule has 0 aliphatic carbocycles. The Balaban J connectivity index is 2.13. The number of halogens is 4. The number of nitrogens with zero attached hydrogens (tertiary/aromatic N) is 3. The van der Waals surface area contributed by atoms with Gasteiger partial charge in [0.25, 0.3) is 0 Å². The molecule has 0 saturated heterocycles. The zero-order valence-electron chi connectivity index (χ0n) is 15.6. The molecule has 4 nitrogen and oxygen atoms in total. The van der Waals surface area contributed by atoms with Crippen LogP contribution in [-0.2, 0) is 23.5 Å². The van der Waals surface area contributed by atoms with Gasteiger partial charge >= 0.3 is 5.25 Å². The number of alkyl halides is 2. The third-order valence-corrected chi connectivity index (χ3v) is 5.32. The zero-order valence-corrected chi connectivity index (χ0v) is 16.4. The lowest BCUT2D eigenvalue weighted by Gasteiger charge is -2.40. The van der Waals surface area contributed by atoms with Crippen molar-refractivity contribution < 1.29 is 22.3 Å². The molecular weight excluding hydrogens is 406 g/mol. The van der Waals surface area contributed by atoms with E-state index in [1.165, 1.54) is 12.7 Å². The van der Waals surface area contributed by atoms with Crippen LogP contribution in [0.25, 0.3) is 0 Å². The number of ether oxygens (including phenoxy) is 1. The van der Waals surface area contributed by atoms with Crippen molar-refractivity contribution in [2.75, 3.05) is 5.75 Å². The second-order valence-corrected chi connectivity index (χ2v) is 7.65. The van der Waals surface area contributed by atoms with E-state index in [1.807, 2.05) is 0 Å². The summed E-state index contributed by atoms with van der Waals surface area (Å²) in [5.41, 5.74) is -2.26. The lowest BCUT2D eigenvalue weighted by molar-refractivity contribution is -0.185. The maximum absolute atomic E-state index is 15.5. The number of rotatable bonds is 9. The number of thioether (sulfide) groups is 1. The lowest BCUT2D eigenvalue weighted by atomic mass is 9.92. The largest absolute Gasteiger partial charge is 0.356 e. The predicted molar refractivity (Wildman–Crippen MR) is 102 cm³/mol. The Bertz CT molecular complexity index is 925. The molecule has 3 rings (SSSR count). The number of benzene rings is 2. The fourth-order valence-electron chi connectivity index (χ4n) is 2.98. The fourth-order valence-corrected chi connectivity index (χ4v) is 3.81. The van der Waals surface area contributed by atoms with E-state index in [-0.39, 0.29) is 12.4 Å². The minimum absolute atomic E-state index is 0.0591. The van der Waals surface area contributed by atoms with Crippen molar-refractivity contribution in [1.82, 2.24) is 14.8 Å². The smallest absolute Gasteiger partial charge is 0.328 e. The molecule has 1 aromatic heterocycles. The highest BCUT2D eigenvalue weighted by Gasteiger charge is 2.58. The summed E-state index contributed by atoms with van der Waals surface area (Å²) in [7, 11) is 0. The highest BCUT2D eigenvalue weighted by Crippen LogP contribution is 2.50. The number of aromatic nitrogens is 3. The topological polar surface area (TPSA) is 39.9 Å². The second kappa shape index (κ2) is 8.96. The van der Waals surface area contributed by atoms with Crippen LogP contribution in [0.2, 0.25) is 0 Å². The van der Waals surface area contributed by atoms with Crippen LogP contribution < -0.4 is 0 Å². The molecule has 0 aliphatic rings. The quantitative estimate of drug-likeness (QED) is 0.452. The molecule has 154 valence electrons. The summed E-state index contributed by atoms with van der Waals surface area (Å²) in [4.78, 5) is 3.77. The average molecular weight is 425 g/mol. The predicted octanol–water partition coefficient (Wildman–Crippen LogP) is 5.01. The van der Waals surface area contributed by atoms with E-state index in [2.05, 4.69) is 10.1 Å². The third-order valence-electron chi connectivity index (χ3n) is 4.34. The SMILES string of the molecule is CCSC(F)(F)C(Cn1cncn1)(OCc1ccccc1)c1ccc(F)cc1F. The van der Waals surface area contributed by atoms with Crippen LogP contribution in [0.4, 0.5) is 17.6 Å². The minimum atomic E-state index is -3.55. The molecular formula is C20H19F4N3OS. The summed E-state index contributed by atoms with van der Waals surface area (Å²) in [5.74, 6) is -1.92. The Hall–Kier alpha value is -2.39. The van der Waals surface area contributed by atoms with Crippen LogP contribution in [0.1, 0.15) is 18.1 Å². The number of hydrogen-bond acceptors (Lipinski definition) is 4. The van der Waals surface area contributed by atoms with E-state index >= 15 is 8.78 Å². The van der Waals surface area contributed by atoms with Crippen molar-refractivity contribution in [2.24, 2.45) is 0 Å². The third kappa shape index (κ3) is 4.62. The molecule has 0 N–H and O–H groups in total. The van der Waals surface area contributed by atoms with Crippen LogP contribution in [-0.4, -0.2) is 25.8 Å². The van der Waals surface area contributed by atoms with Gasteiger partial charge in [-0.25, -0.2) is 18.4 Å². The van der Waals surface area contributed by atoms with Gasteiger partial charge in [-0.1, -0.05) is 49.0 Å². The van der Waals surface area contributed by atoms with Crippen molar-refractivity contribution in [3.05, 3.63) is 83.9 Å². The molecule has 0 spiro atoms. The van der Waals surface area contributed by atoms with Gasteiger partial charge in [0.2, 0.25) is 0 Å². The van der Waals surface area contributed by atoms with E-state index in [4.69, 9.17) is 4.74 Å². The molecule has 0 radical (unpaired) electrons. The maximum Gasteiger partial charge on any atom is 0.328 e. The van der Waals surface area contributed by atoms with Crippen molar-refractivity contribution in [2.45, 2.75) is 30.9 Å². The summed E-state index contributed by atoms with van der Waals surface area (Å²) in [6.07, 6.45) is 2.43. The summed E-state index contributed by atoms with van der Waals surface area (Å²) in [5, 5.41) is 0.334. The van der Waals surface area contributed by atoms with E-state index in [1.54, 1.807) is 37.3 Å². The maximum atomic E-state index is 15.5. The molecule has 1 heterocycles. The van der Waals surface area contributed by atoms with Gasteiger partial charge in [0.1, 0.15) is 24.3 Å². The average Bonchev–Trinajstić information content (AvgIpc) is 3.19. The summed E-state index contributed by atoms with van der Waals surface area (Å²) < 4.78 is 66.3. The first-order valence-electron chi connectivity index (χ1n) is 8.85. The molecule has 2 aromatic carbocycles. The molecule has 0 fully saturated rings. The van der Waals surface area contributed by atoms with E-state index in [9.17, 15) is 8.78 Å². The molecule has 0 saturated carbocycles. The van der Waals surface area contributed by atoms with Crippen molar-refractivity contribution >= 4 is 11.8 Å². The monoisotopic (exact) mass is 425 g/mol. The molecule has 0 aliphatic heterocycles. The molecule has 1 unspecified atom stereocenters. The molecule has 0 bridgehead atoms.